The van der Waals surface area contributed by atoms with Crippen LogP contribution in [0.15, 0.2) is 23.0 Å². The molecule has 0 saturated carbocycles. The van der Waals surface area contributed by atoms with Gasteiger partial charge in [0.15, 0.2) is 5.57 Å². The van der Waals surface area contributed by atoms with Gasteiger partial charge in [0.25, 0.3) is 11.5 Å². The number of nitrogens with one attached hydrogen (secondary N) is 3. The lowest BCUT2D eigenvalue weighted by Gasteiger charge is -2.19. The minimum atomic E-state index is -0.521. The van der Waals surface area contributed by atoms with E-state index in [1.54, 1.807) is 39.2 Å². The lowest BCUT2D eigenvalue weighted by Crippen LogP contribution is -2.35. The molecule has 12 heteroatoms. The average Bonchev–Trinajstić information content (AvgIpc) is 3.16. The van der Waals surface area contributed by atoms with Crippen LogP contribution in [0, 0.1) is 11.3 Å². The molecular weight excluding hydrogens is 470 g/mol. The van der Waals surface area contributed by atoms with Crippen molar-refractivity contribution in [2.75, 3.05) is 50.5 Å². The fourth-order valence-electron chi connectivity index (χ4n) is 3.12. The van der Waals surface area contributed by atoms with E-state index in [9.17, 15) is 19.6 Å². The van der Waals surface area contributed by atoms with E-state index < -0.39 is 5.91 Å². The SMILES string of the molecule is CCNC(=O)C(C#N)=c1sc(=CNc2cccc(NC(=O)CN(CC)CCOC)n2)c(=O)n1CC. The summed E-state index contributed by atoms with van der Waals surface area (Å²) >= 11 is 1.05. The first-order valence-electron chi connectivity index (χ1n) is 11.3. The molecule has 0 saturated heterocycles. The lowest BCUT2D eigenvalue weighted by atomic mass is 10.3. The van der Waals surface area contributed by atoms with Crippen molar-refractivity contribution in [3.05, 3.63) is 37.7 Å². The quantitative estimate of drug-likeness (QED) is 0.366. The second-order valence-corrected chi connectivity index (χ2v) is 8.30. The Balaban J connectivity index is 2.25. The molecule has 2 aromatic heterocycles. The summed E-state index contributed by atoms with van der Waals surface area (Å²) in [5, 5.41) is 17.8. The van der Waals surface area contributed by atoms with Gasteiger partial charge in [0.05, 0.1) is 13.2 Å². The van der Waals surface area contributed by atoms with Crippen LogP contribution in [0.25, 0.3) is 11.8 Å². The van der Waals surface area contributed by atoms with Gasteiger partial charge in [-0.3, -0.25) is 23.9 Å². The van der Waals surface area contributed by atoms with Crippen molar-refractivity contribution in [3.63, 3.8) is 0 Å². The van der Waals surface area contributed by atoms with Gasteiger partial charge in [0, 0.05) is 32.9 Å². The predicted molar refractivity (Wildman–Crippen MR) is 136 cm³/mol. The molecule has 2 amide bonds. The van der Waals surface area contributed by atoms with Gasteiger partial charge in [-0.05, 0) is 32.5 Å². The zero-order chi connectivity index (χ0) is 25.8. The van der Waals surface area contributed by atoms with E-state index in [4.69, 9.17) is 4.74 Å². The van der Waals surface area contributed by atoms with Crippen molar-refractivity contribution in [2.24, 2.45) is 0 Å². The van der Waals surface area contributed by atoms with Crippen LogP contribution in [-0.2, 0) is 20.9 Å². The number of thiazole rings is 1. The van der Waals surface area contributed by atoms with Crippen LogP contribution in [0.3, 0.4) is 0 Å². The Kier molecular flexibility index (Phi) is 11.1. The highest BCUT2D eigenvalue weighted by atomic mass is 32.1. The number of ether oxygens (including phenoxy) is 1. The molecular formula is C23H31N7O4S. The molecule has 0 atom stereocenters. The van der Waals surface area contributed by atoms with Crippen LogP contribution < -0.4 is 30.7 Å². The van der Waals surface area contributed by atoms with Crippen LogP contribution in [-0.4, -0.2) is 66.2 Å². The Bertz CT molecular complexity index is 1250. The third-order valence-corrected chi connectivity index (χ3v) is 6.04. The number of hydrogen-bond donors (Lipinski definition) is 3. The summed E-state index contributed by atoms with van der Waals surface area (Å²) in [6, 6.07) is 6.99. The number of likely N-dealkylation sites (N-methyl/N-ethyl adjacent to an activating group) is 1. The molecule has 2 rings (SSSR count). The molecule has 0 bridgehead atoms. The third-order valence-electron chi connectivity index (χ3n) is 4.91. The van der Waals surface area contributed by atoms with Gasteiger partial charge in [-0.15, -0.1) is 11.3 Å². The summed E-state index contributed by atoms with van der Waals surface area (Å²) in [5.41, 5.74) is -0.429. The van der Waals surface area contributed by atoms with Crippen molar-refractivity contribution in [1.29, 1.82) is 5.26 Å². The predicted octanol–water partition coefficient (Wildman–Crippen LogP) is -0.108. The number of nitriles is 1. The second kappa shape index (κ2) is 14.0. The highest BCUT2D eigenvalue weighted by molar-refractivity contribution is 7.07. The number of pyridine rings is 1. The van der Waals surface area contributed by atoms with Gasteiger partial charge in [-0.2, -0.15) is 5.26 Å². The summed E-state index contributed by atoms with van der Waals surface area (Å²) in [6.07, 6.45) is 1.48. The molecule has 2 heterocycles. The summed E-state index contributed by atoms with van der Waals surface area (Å²) < 4.78 is 7.06. The van der Waals surface area contributed by atoms with Crippen molar-refractivity contribution in [2.45, 2.75) is 27.3 Å². The highest BCUT2D eigenvalue weighted by Gasteiger charge is 2.14. The largest absolute Gasteiger partial charge is 0.383 e. The molecule has 0 fully saturated rings. The van der Waals surface area contributed by atoms with Crippen LogP contribution in [0.4, 0.5) is 11.6 Å². The molecule has 0 aromatic carbocycles. The molecule has 3 N–H and O–H groups in total. The maximum atomic E-state index is 12.8. The number of hydrogen-bond acceptors (Lipinski definition) is 9. The molecule has 0 spiro atoms. The monoisotopic (exact) mass is 501 g/mol. The average molecular weight is 502 g/mol. The van der Waals surface area contributed by atoms with Crippen molar-refractivity contribution < 1.29 is 14.3 Å². The molecule has 35 heavy (non-hydrogen) atoms. The lowest BCUT2D eigenvalue weighted by molar-refractivity contribution is -0.117. The number of anilines is 2. The first kappa shape index (κ1) is 27.7. The molecule has 0 aliphatic rings. The van der Waals surface area contributed by atoms with Gasteiger partial charge in [0.2, 0.25) is 5.91 Å². The summed E-state index contributed by atoms with van der Waals surface area (Å²) in [6.45, 7) is 8.27. The molecule has 11 nitrogen and oxygen atoms in total. The van der Waals surface area contributed by atoms with E-state index in [2.05, 4.69) is 20.9 Å². The Morgan fingerprint density at radius 1 is 1.29 bits per heavy atom. The number of carbonyl (C=O) groups excluding carboxylic acids is 2. The zero-order valence-electron chi connectivity index (χ0n) is 20.4. The van der Waals surface area contributed by atoms with E-state index in [1.807, 2.05) is 17.9 Å². The number of rotatable bonds is 12. The van der Waals surface area contributed by atoms with Crippen LogP contribution in [0.1, 0.15) is 20.8 Å². The fourth-order valence-corrected chi connectivity index (χ4v) is 4.20. The van der Waals surface area contributed by atoms with Gasteiger partial charge >= 0.3 is 0 Å². The normalized spacial score (nSPS) is 12.3. The summed E-state index contributed by atoms with van der Waals surface area (Å²) in [4.78, 5) is 43.8. The Hall–Kier alpha value is -3.53. The minimum absolute atomic E-state index is 0.107. The number of carbonyl (C=O) groups is 2. The number of amides is 2. The van der Waals surface area contributed by atoms with Crippen LogP contribution in [0.5, 0.6) is 0 Å². The Morgan fingerprint density at radius 3 is 2.66 bits per heavy atom. The number of aromatic nitrogens is 2. The molecule has 0 aliphatic carbocycles. The van der Waals surface area contributed by atoms with E-state index in [0.29, 0.717) is 53.6 Å². The molecule has 2 aromatic rings. The first-order chi connectivity index (χ1) is 16.9. The summed E-state index contributed by atoms with van der Waals surface area (Å²) in [7, 11) is 1.62. The molecule has 0 radical (unpaired) electrons. The van der Waals surface area contributed by atoms with Crippen LogP contribution in [0.2, 0.25) is 0 Å². The smallest absolute Gasteiger partial charge is 0.270 e. The van der Waals surface area contributed by atoms with E-state index in [1.165, 1.54) is 10.8 Å². The van der Waals surface area contributed by atoms with Gasteiger partial charge in [-0.25, -0.2) is 4.98 Å². The highest BCUT2D eigenvalue weighted by Crippen LogP contribution is 2.09. The Morgan fingerprint density at radius 2 is 2.03 bits per heavy atom. The molecule has 0 unspecified atom stereocenters. The fraction of sp³-hybridized carbons (Fsp3) is 0.435. The number of nitrogens with zero attached hydrogens (tertiary/aromatic N) is 4. The molecule has 188 valence electrons. The first-order valence-corrected chi connectivity index (χ1v) is 12.1. The second-order valence-electron chi connectivity index (χ2n) is 7.27. The van der Waals surface area contributed by atoms with Gasteiger partial charge < -0.3 is 20.7 Å². The molecule has 0 aliphatic heterocycles. The zero-order valence-corrected chi connectivity index (χ0v) is 21.2. The van der Waals surface area contributed by atoms with Crippen molar-refractivity contribution in [3.8, 4) is 6.07 Å². The maximum absolute atomic E-state index is 12.8. The van der Waals surface area contributed by atoms with Gasteiger partial charge in [-0.1, -0.05) is 13.0 Å². The van der Waals surface area contributed by atoms with E-state index >= 15 is 0 Å². The Labute approximate surface area is 207 Å². The maximum Gasteiger partial charge on any atom is 0.270 e. The topological polar surface area (TPSA) is 141 Å². The van der Waals surface area contributed by atoms with Crippen molar-refractivity contribution >= 4 is 46.6 Å². The van der Waals surface area contributed by atoms with E-state index in [0.717, 1.165) is 11.3 Å². The minimum Gasteiger partial charge on any atom is -0.383 e. The van der Waals surface area contributed by atoms with Crippen LogP contribution >= 0.6 is 11.3 Å². The third kappa shape index (κ3) is 7.74. The van der Waals surface area contributed by atoms with Gasteiger partial charge in [0.1, 0.15) is 26.9 Å². The summed E-state index contributed by atoms with van der Waals surface area (Å²) in [5.74, 6) is 0.0627. The van der Waals surface area contributed by atoms with Crippen molar-refractivity contribution in [1.82, 2.24) is 19.8 Å². The standard InChI is InChI=1S/C23H31N7O4S/c1-5-25-21(32)16(13-24)23-30(7-3)22(33)17(35-23)14-26-18-9-8-10-19(27-18)28-20(31)15-29(6-2)11-12-34-4/h8-10,14H,5-7,11-12,15H2,1-4H3,(H,25,32)(H2,26,27,28,31). The number of methoxy groups -OCH3 is 1. The van der Waals surface area contributed by atoms with E-state index in [-0.39, 0.29) is 23.6 Å².